The molecular formula is C38H49F6NO4. The Morgan fingerprint density at radius 1 is 1.04 bits per heavy atom. The summed E-state index contributed by atoms with van der Waals surface area (Å²) in [5.41, 5.74) is -1.49. The van der Waals surface area contributed by atoms with Crippen molar-refractivity contribution in [3.8, 4) is 0 Å². The molecule has 0 bridgehead atoms. The number of carbonyl (C=O) groups is 1. The number of aliphatic hydroxyl groups excluding tert-OH is 2. The number of fused-ring (bicyclic) bond motifs is 1. The molecule has 8 atom stereocenters. The topological polar surface area (TPSA) is 81.0 Å². The van der Waals surface area contributed by atoms with Crippen LogP contribution in [-0.4, -0.2) is 56.5 Å². The van der Waals surface area contributed by atoms with Gasteiger partial charge in [0.15, 0.2) is 0 Å². The highest BCUT2D eigenvalue weighted by Crippen LogP contribution is 2.60. The zero-order valence-electron chi connectivity index (χ0n) is 28.5. The second-order valence-corrected chi connectivity index (χ2v) is 15.5. The standard InChI is InChI=1S/C38H49F6NO4/c1-22(31-11-12-32-25(8-5-13-35(31,32)3)9-10-26-18-30(46)20-33(47)23(26)2)15-29-21-36(4,49)34(48)45(29)14-6-7-24-16-27(37(39,40)41)19-28(17-24)38(42,43)44/h9-10,16-17,19,22,29-33,46-47,49H,2,5-8,11-15,18,20-21H2,1,3-4H3/b25-9+,26-10-/t22-,29-,30-,31-,32+,33+,35-,36+/m1/s1. The summed E-state index contributed by atoms with van der Waals surface area (Å²) in [7, 11) is 0. The van der Waals surface area contributed by atoms with Crippen molar-refractivity contribution >= 4 is 5.91 Å². The molecular weight excluding hydrogens is 648 g/mol. The van der Waals surface area contributed by atoms with Gasteiger partial charge in [-0.25, -0.2) is 0 Å². The van der Waals surface area contributed by atoms with Crippen molar-refractivity contribution in [1.29, 1.82) is 0 Å². The van der Waals surface area contributed by atoms with Crippen molar-refractivity contribution in [1.82, 2.24) is 4.90 Å². The van der Waals surface area contributed by atoms with Gasteiger partial charge in [-0.05, 0) is 123 Å². The predicted molar refractivity (Wildman–Crippen MR) is 174 cm³/mol. The maximum absolute atomic E-state index is 13.4. The molecule has 0 unspecified atom stereocenters. The van der Waals surface area contributed by atoms with Crippen molar-refractivity contribution in [3.63, 3.8) is 0 Å². The second-order valence-electron chi connectivity index (χ2n) is 15.5. The first kappa shape index (κ1) is 37.6. The third-order valence-electron chi connectivity index (χ3n) is 11.9. The summed E-state index contributed by atoms with van der Waals surface area (Å²) in [4.78, 5) is 14.9. The van der Waals surface area contributed by atoms with Crippen LogP contribution < -0.4 is 0 Å². The molecule has 49 heavy (non-hydrogen) atoms. The van der Waals surface area contributed by atoms with E-state index in [9.17, 15) is 46.5 Å². The highest BCUT2D eigenvalue weighted by Gasteiger charge is 2.53. The van der Waals surface area contributed by atoms with Gasteiger partial charge in [-0.2, -0.15) is 26.3 Å². The fourth-order valence-electron chi connectivity index (χ4n) is 9.52. The molecule has 3 saturated carbocycles. The number of amides is 1. The van der Waals surface area contributed by atoms with Crippen LogP contribution in [0.2, 0.25) is 0 Å². The zero-order valence-corrected chi connectivity index (χ0v) is 28.5. The van der Waals surface area contributed by atoms with E-state index in [1.807, 2.05) is 6.08 Å². The first-order chi connectivity index (χ1) is 22.7. The Morgan fingerprint density at radius 3 is 2.33 bits per heavy atom. The molecule has 4 fully saturated rings. The molecule has 1 aromatic carbocycles. The van der Waals surface area contributed by atoms with E-state index < -0.39 is 47.2 Å². The van der Waals surface area contributed by atoms with Gasteiger partial charge in [-0.3, -0.25) is 4.79 Å². The lowest BCUT2D eigenvalue weighted by Crippen LogP contribution is -2.41. The maximum Gasteiger partial charge on any atom is 0.416 e. The molecule has 1 heterocycles. The number of rotatable bonds is 8. The van der Waals surface area contributed by atoms with Gasteiger partial charge in [0, 0.05) is 25.4 Å². The third-order valence-corrected chi connectivity index (χ3v) is 11.9. The van der Waals surface area contributed by atoms with Gasteiger partial charge < -0.3 is 20.2 Å². The molecule has 0 spiro atoms. The maximum atomic E-state index is 13.4. The molecule has 4 aliphatic rings. The van der Waals surface area contributed by atoms with Crippen LogP contribution in [0, 0.1) is 23.2 Å². The minimum atomic E-state index is -4.93. The Kier molecular flexibility index (Phi) is 10.6. The second kappa shape index (κ2) is 13.8. The summed E-state index contributed by atoms with van der Waals surface area (Å²) < 4.78 is 80.3. The van der Waals surface area contributed by atoms with Crippen LogP contribution in [0.5, 0.6) is 0 Å². The van der Waals surface area contributed by atoms with Gasteiger partial charge in [-0.15, -0.1) is 0 Å². The molecule has 3 N–H and O–H groups in total. The molecule has 0 aromatic heterocycles. The van der Waals surface area contributed by atoms with E-state index in [0.717, 1.165) is 49.8 Å². The molecule has 5 nitrogen and oxygen atoms in total. The molecule has 1 amide bonds. The molecule has 1 saturated heterocycles. The quantitative estimate of drug-likeness (QED) is 0.240. The number of halogens is 6. The Balaban J connectivity index is 1.27. The van der Waals surface area contributed by atoms with Crippen LogP contribution in [0.15, 0.2) is 53.6 Å². The zero-order chi connectivity index (χ0) is 36.1. The average molecular weight is 698 g/mol. The number of likely N-dealkylation sites (tertiary alicyclic amines) is 1. The van der Waals surface area contributed by atoms with Crippen molar-refractivity contribution in [2.24, 2.45) is 23.2 Å². The lowest BCUT2D eigenvalue weighted by Gasteiger charge is -2.45. The molecule has 0 radical (unpaired) electrons. The summed E-state index contributed by atoms with van der Waals surface area (Å²) in [5, 5.41) is 31.4. The lowest BCUT2D eigenvalue weighted by molar-refractivity contribution is -0.143. The smallest absolute Gasteiger partial charge is 0.393 e. The van der Waals surface area contributed by atoms with Gasteiger partial charge in [0.1, 0.15) is 5.60 Å². The molecule has 1 aromatic rings. The van der Waals surface area contributed by atoms with Gasteiger partial charge in [-0.1, -0.05) is 38.2 Å². The van der Waals surface area contributed by atoms with Crippen molar-refractivity contribution in [2.75, 3.05) is 6.54 Å². The molecule has 1 aliphatic heterocycles. The summed E-state index contributed by atoms with van der Waals surface area (Å²) in [6.07, 6.45) is -0.233. The van der Waals surface area contributed by atoms with Gasteiger partial charge in [0.2, 0.25) is 0 Å². The lowest BCUT2D eigenvalue weighted by atomic mass is 9.60. The number of carbonyl (C=O) groups excluding carboxylic acids is 1. The van der Waals surface area contributed by atoms with Crippen LogP contribution >= 0.6 is 0 Å². The molecule has 5 rings (SSSR count). The Hall–Kier alpha value is -2.63. The van der Waals surface area contributed by atoms with Crippen LogP contribution in [-0.2, 0) is 23.6 Å². The number of benzene rings is 1. The minimum absolute atomic E-state index is 0.0280. The van der Waals surface area contributed by atoms with Gasteiger partial charge >= 0.3 is 12.4 Å². The third kappa shape index (κ3) is 7.99. The Bertz CT molecular complexity index is 1450. The number of allylic oxidation sites excluding steroid dienone is 3. The highest BCUT2D eigenvalue weighted by molar-refractivity contribution is 5.87. The number of hydrogen-bond donors (Lipinski definition) is 3. The summed E-state index contributed by atoms with van der Waals surface area (Å²) in [6, 6.07) is 1.28. The van der Waals surface area contributed by atoms with Crippen LogP contribution in [0.25, 0.3) is 0 Å². The molecule has 11 heteroatoms. The first-order valence-corrected chi connectivity index (χ1v) is 17.5. The summed E-state index contributed by atoms with van der Waals surface area (Å²) >= 11 is 0. The van der Waals surface area contributed by atoms with Gasteiger partial charge in [0.05, 0.1) is 23.3 Å². The van der Waals surface area contributed by atoms with Crippen LogP contribution in [0.1, 0.15) is 102 Å². The van der Waals surface area contributed by atoms with E-state index in [1.165, 1.54) is 12.5 Å². The average Bonchev–Trinajstić information content (AvgIpc) is 3.45. The van der Waals surface area contributed by atoms with E-state index in [2.05, 4.69) is 26.5 Å². The number of alkyl halides is 6. The number of aryl methyl sites for hydroxylation is 1. The molecule has 272 valence electrons. The number of aliphatic hydroxyl groups is 3. The van der Waals surface area contributed by atoms with Crippen molar-refractivity contribution < 1.29 is 46.5 Å². The number of nitrogens with zero attached hydrogens (tertiary/aromatic N) is 1. The normalized spacial score (nSPS) is 35.0. The van der Waals surface area contributed by atoms with E-state index in [4.69, 9.17) is 0 Å². The van der Waals surface area contributed by atoms with Gasteiger partial charge in [0.25, 0.3) is 5.91 Å². The summed E-state index contributed by atoms with van der Waals surface area (Å²) in [5.74, 6) is 0.463. The monoisotopic (exact) mass is 697 g/mol. The minimum Gasteiger partial charge on any atom is -0.393 e. The summed E-state index contributed by atoms with van der Waals surface area (Å²) in [6.45, 7) is 10.1. The fraction of sp³-hybridized carbons (Fsp3) is 0.658. The molecule has 3 aliphatic carbocycles. The highest BCUT2D eigenvalue weighted by atomic mass is 19.4. The number of hydrogen-bond acceptors (Lipinski definition) is 4. The van der Waals surface area contributed by atoms with E-state index in [0.29, 0.717) is 36.7 Å². The SMILES string of the molecule is C=C1/C(=C\C=C2/CCC[C@]3(C)[C@@H]([C@H](C)C[C@@H]4C[C@](C)(O)C(=O)N4CCCc4cc(C(F)(F)F)cc(C(F)(F)F)c4)CC[C@@H]23)C[C@@H](O)C[C@@H]1O. The van der Waals surface area contributed by atoms with Crippen LogP contribution in [0.4, 0.5) is 26.3 Å². The van der Waals surface area contributed by atoms with E-state index in [-0.39, 0.29) is 54.8 Å². The predicted octanol–water partition coefficient (Wildman–Crippen LogP) is 8.18. The fourth-order valence-corrected chi connectivity index (χ4v) is 9.52. The van der Waals surface area contributed by atoms with Crippen molar-refractivity contribution in [3.05, 3.63) is 70.3 Å². The Labute approximate surface area is 284 Å². The van der Waals surface area contributed by atoms with Crippen molar-refractivity contribution in [2.45, 2.75) is 128 Å². The van der Waals surface area contributed by atoms with E-state index in [1.54, 1.807) is 4.90 Å². The van der Waals surface area contributed by atoms with E-state index >= 15 is 0 Å². The first-order valence-electron chi connectivity index (χ1n) is 17.5. The van der Waals surface area contributed by atoms with Crippen LogP contribution in [0.3, 0.4) is 0 Å². The Morgan fingerprint density at radius 2 is 1.69 bits per heavy atom. The largest absolute Gasteiger partial charge is 0.416 e.